The molecule has 1 amide bonds. The number of hydrogen-bond donors (Lipinski definition) is 0. The molecule has 0 unspecified atom stereocenters. The van der Waals surface area contributed by atoms with Gasteiger partial charge >= 0.3 is 0 Å². The normalized spacial score (nSPS) is 14.2. The van der Waals surface area contributed by atoms with E-state index in [9.17, 15) is 4.79 Å². The van der Waals surface area contributed by atoms with E-state index in [2.05, 4.69) is 9.97 Å². The average molecular weight is 387 g/mol. The Morgan fingerprint density at radius 3 is 2.34 bits per heavy atom. The van der Waals surface area contributed by atoms with E-state index in [-0.39, 0.29) is 5.91 Å². The molecule has 2 aromatic carbocycles. The van der Waals surface area contributed by atoms with Gasteiger partial charge < -0.3 is 14.4 Å². The van der Waals surface area contributed by atoms with E-state index in [1.54, 1.807) is 11.0 Å². The third kappa shape index (κ3) is 3.45. The molecule has 4 rings (SSSR count). The van der Waals surface area contributed by atoms with Gasteiger partial charge in [-0.15, -0.1) is 0 Å². The lowest BCUT2D eigenvalue weighted by molar-refractivity contribution is -0.113. The summed E-state index contributed by atoms with van der Waals surface area (Å²) >= 11 is 0. The van der Waals surface area contributed by atoms with Crippen molar-refractivity contribution in [2.24, 2.45) is 0 Å². The SMILES string of the molecule is COc1ncnc(OC)c1/C=C1\C(=O)N(Cc2ccccc2)c2ccc(C)cc21. The molecule has 6 nitrogen and oxygen atoms in total. The highest BCUT2D eigenvalue weighted by Gasteiger charge is 2.33. The first-order valence-electron chi connectivity index (χ1n) is 9.24. The quantitative estimate of drug-likeness (QED) is 0.622. The van der Waals surface area contributed by atoms with Crippen LogP contribution in [0.3, 0.4) is 0 Å². The molecule has 2 heterocycles. The highest BCUT2D eigenvalue weighted by molar-refractivity contribution is 6.36. The van der Waals surface area contributed by atoms with Crippen LogP contribution in [-0.4, -0.2) is 30.1 Å². The Labute approximate surface area is 169 Å². The van der Waals surface area contributed by atoms with E-state index < -0.39 is 0 Å². The van der Waals surface area contributed by atoms with Crippen LogP contribution in [0.4, 0.5) is 5.69 Å². The molecular formula is C23H21N3O3. The van der Waals surface area contributed by atoms with Crippen molar-refractivity contribution in [1.29, 1.82) is 0 Å². The van der Waals surface area contributed by atoms with Crippen LogP contribution in [0, 0.1) is 6.92 Å². The van der Waals surface area contributed by atoms with Gasteiger partial charge in [-0.25, -0.2) is 9.97 Å². The van der Waals surface area contributed by atoms with Crippen LogP contribution in [0.15, 0.2) is 54.9 Å². The Morgan fingerprint density at radius 1 is 1.00 bits per heavy atom. The minimum Gasteiger partial charge on any atom is -0.480 e. The van der Waals surface area contributed by atoms with Crippen LogP contribution in [0.2, 0.25) is 0 Å². The fraction of sp³-hybridized carbons (Fsp3) is 0.174. The summed E-state index contributed by atoms with van der Waals surface area (Å²) in [7, 11) is 3.06. The average Bonchev–Trinajstić information content (AvgIpc) is 2.99. The summed E-state index contributed by atoms with van der Waals surface area (Å²) in [6, 6.07) is 16.0. The number of carbonyl (C=O) groups excluding carboxylic acids is 1. The zero-order valence-electron chi connectivity index (χ0n) is 16.5. The summed E-state index contributed by atoms with van der Waals surface area (Å²) < 4.78 is 10.7. The van der Waals surface area contributed by atoms with Gasteiger partial charge in [-0.1, -0.05) is 42.0 Å². The molecule has 0 radical (unpaired) electrons. The number of benzene rings is 2. The van der Waals surface area contributed by atoms with E-state index in [4.69, 9.17) is 9.47 Å². The van der Waals surface area contributed by atoms with Gasteiger partial charge in [0.25, 0.3) is 5.91 Å². The number of aryl methyl sites for hydroxylation is 1. The van der Waals surface area contributed by atoms with Crippen LogP contribution in [0.1, 0.15) is 22.3 Å². The number of anilines is 1. The summed E-state index contributed by atoms with van der Waals surface area (Å²) in [5.74, 6) is 0.628. The van der Waals surface area contributed by atoms with E-state index in [0.29, 0.717) is 29.4 Å². The minimum absolute atomic E-state index is 0.0811. The fourth-order valence-electron chi connectivity index (χ4n) is 3.49. The van der Waals surface area contributed by atoms with Crippen molar-refractivity contribution in [2.45, 2.75) is 13.5 Å². The second-order valence-electron chi connectivity index (χ2n) is 6.76. The van der Waals surface area contributed by atoms with E-state index in [0.717, 1.165) is 22.4 Å². The molecule has 146 valence electrons. The van der Waals surface area contributed by atoms with Crippen molar-refractivity contribution in [3.63, 3.8) is 0 Å². The van der Waals surface area contributed by atoms with Gasteiger partial charge in [0, 0.05) is 5.56 Å². The van der Waals surface area contributed by atoms with Gasteiger partial charge in [0.2, 0.25) is 11.8 Å². The minimum atomic E-state index is -0.0811. The smallest absolute Gasteiger partial charge is 0.259 e. The third-order valence-electron chi connectivity index (χ3n) is 4.88. The van der Waals surface area contributed by atoms with Crippen LogP contribution in [0.25, 0.3) is 11.6 Å². The molecule has 0 bridgehead atoms. The van der Waals surface area contributed by atoms with Crippen molar-refractivity contribution in [3.8, 4) is 11.8 Å². The van der Waals surface area contributed by atoms with Crippen LogP contribution in [-0.2, 0) is 11.3 Å². The Hall–Kier alpha value is -3.67. The van der Waals surface area contributed by atoms with Gasteiger partial charge in [-0.05, 0) is 30.7 Å². The number of methoxy groups -OCH3 is 2. The van der Waals surface area contributed by atoms with Crippen LogP contribution in [0.5, 0.6) is 11.8 Å². The number of carbonyl (C=O) groups is 1. The van der Waals surface area contributed by atoms with Gasteiger partial charge in [0.05, 0.1) is 37.6 Å². The monoisotopic (exact) mass is 387 g/mol. The highest BCUT2D eigenvalue weighted by Crippen LogP contribution is 2.40. The molecule has 0 fully saturated rings. The highest BCUT2D eigenvalue weighted by atomic mass is 16.5. The number of ether oxygens (including phenoxy) is 2. The van der Waals surface area contributed by atoms with Crippen molar-refractivity contribution < 1.29 is 14.3 Å². The Bertz CT molecular complexity index is 1070. The van der Waals surface area contributed by atoms with Gasteiger partial charge in [0.1, 0.15) is 6.33 Å². The molecule has 0 saturated carbocycles. The number of amides is 1. The standard InChI is InChI=1S/C23H21N3O3/c1-15-9-10-20-17(11-15)18(12-19-21(28-2)24-14-25-22(19)29-3)23(27)26(20)13-16-7-5-4-6-8-16/h4-12,14H,13H2,1-3H3/b18-12-. The predicted molar refractivity (Wildman–Crippen MR) is 112 cm³/mol. The molecule has 0 atom stereocenters. The lowest BCUT2D eigenvalue weighted by Gasteiger charge is -2.17. The molecule has 1 aliphatic heterocycles. The topological polar surface area (TPSA) is 64.6 Å². The summed E-state index contributed by atoms with van der Waals surface area (Å²) in [5.41, 5.74) is 4.99. The Morgan fingerprint density at radius 2 is 1.69 bits per heavy atom. The zero-order valence-corrected chi connectivity index (χ0v) is 16.5. The first-order chi connectivity index (χ1) is 14.1. The number of nitrogens with zero attached hydrogens (tertiary/aromatic N) is 3. The molecule has 0 spiro atoms. The molecular weight excluding hydrogens is 366 g/mol. The molecule has 29 heavy (non-hydrogen) atoms. The summed E-state index contributed by atoms with van der Waals surface area (Å²) in [4.78, 5) is 23.5. The first kappa shape index (κ1) is 18.7. The van der Waals surface area contributed by atoms with E-state index in [1.807, 2.05) is 55.5 Å². The first-order valence-corrected chi connectivity index (χ1v) is 9.24. The molecule has 1 aromatic heterocycles. The van der Waals surface area contributed by atoms with Crippen molar-refractivity contribution >= 4 is 23.2 Å². The summed E-state index contributed by atoms with van der Waals surface area (Å²) in [6.45, 7) is 2.50. The van der Waals surface area contributed by atoms with Crippen molar-refractivity contribution in [3.05, 3.63) is 77.1 Å². The molecule has 6 heteroatoms. The second kappa shape index (κ2) is 7.75. The predicted octanol–water partition coefficient (Wildman–Crippen LogP) is 3.89. The maximum Gasteiger partial charge on any atom is 0.259 e. The Balaban J connectivity index is 1.84. The van der Waals surface area contributed by atoms with Crippen LogP contribution >= 0.6 is 0 Å². The lowest BCUT2D eigenvalue weighted by Crippen LogP contribution is -2.25. The number of aromatic nitrogens is 2. The largest absolute Gasteiger partial charge is 0.480 e. The Kier molecular flexibility index (Phi) is 4.99. The van der Waals surface area contributed by atoms with Gasteiger partial charge in [0.15, 0.2) is 0 Å². The second-order valence-corrected chi connectivity index (χ2v) is 6.76. The summed E-state index contributed by atoms with van der Waals surface area (Å²) in [5, 5.41) is 0. The fourth-order valence-corrected chi connectivity index (χ4v) is 3.49. The maximum atomic E-state index is 13.4. The van der Waals surface area contributed by atoms with Crippen molar-refractivity contribution in [2.75, 3.05) is 19.1 Å². The van der Waals surface area contributed by atoms with Gasteiger partial charge in [-0.2, -0.15) is 0 Å². The number of hydrogen-bond acceptors (Lipinski definition) is 5. The molecule has 3 aromatic rings. The van der Waals surface area contributed by atoms with Crippen LogP contribution < -0.4 is 14.4 Å². The number of rotatable bonds is 5. The number of fused-ring (bicyclic) bond motifs is 1. The molecule has 1 aliphatic rings. The van der Waals surface area contributed by atoms with E-state index >= 15 is 0 Å². The molecule has 0 saturated heterocycles. The van der Waals surface area contributed by atoms with Crippen molar-refractivity contribution in [1.82, 2.24) is 9.97 Å². The molecule has 0 N–H and O–H groups in total. The third-order valence-corrected chi connectivity index (χ3v) is 4.88. The zero-order chi connectivity index (χ0) is 20.4. The molecule has 0 aliphatic carbocycles. The summed E-state index contributed by atoms with van der Waals surface area (Å²) in [6.07, 6.45) is 3.12. The van der Waals surface area contributed by atoms with Gasteiger partial charge in [-0.3, -0.25) is 4.79 Å². The van der Waals surface area contributed by atoms with E-state index in [1.165, 1.54) is 20.5 Å². The maximum absolute atomic E-state index is 13.4. The lowest BCUT2D eigenvalue weighted by atomic mass is 10.0.